The van der Waals surface area contributed by atoms with Crippen molar-refractivity contribution in [3.63, 3.8) is 0 Å². The molecule has 0 aromatic heterocycles. The Morgan fingerprint density at radius 3 is 1.80 bits per heavy atom. The van der Waals surface area contributed by atoms with Crippen LogP contribution >= 0.6 is 11.6 Å². The van der Waals surface area contributed by atoms with Crippen LogP contribution in [0.2, 0.25) is 5.02 Å². The van der Waals surface area contributed by atoms with Gasteiger partial charge in [0.1, 0.15) is 11.8 Å². The zero-order valence-electron chi connectivity index (χ0n) is 27.8. The molecule has 46 heavy (non-hydrogen) atoms. The first kappa shape index (κ1) is 40.2. The van der Waals surface area contributed by atoms with E-state index < -0.39 is 23.5 Å². The lowest BCUT2D eigenvalue weighted by atomic mass is 10.1. The lowest BCUT2D eigenvalue weighted by Crippen LogP contribution is -2.52. The standard InChI is InChI=1S/C38H53ClN2O5/c1-4-5-6-7-8-9-10-11-12-13-14-15-16-17-18-19-20-21-22-26-35(42)40-31-24-23-25-34(36(43)44)41-37(45)38(2,3)46-33-29-27-32(39)28-30-33/h5-6,8-9,11-12,14-15,17-18,20-21,27-30,34H,4,7,10,13,16,19,22-26,31H2,1-3H3,(H,40,42)(H,41,45)(H,43,44). The van der Waals surface area contributed by atoms with Crippen molar-refractivity contribution in [3.8, 4) is 5.75 Å². The third-order valence-electron chi connectivity index (χ3n) is 6.71. The van der Waals surface area contributed by atoms with Crippen LogP contribution in [0.25, 0.3) is 0 Å². The number of carboxylic acid groups (broad SMARTS) is 1. The average Bonchev–Trinajstić information content (AvgIpc) is 3.02. The maximum absolute atomic E-state index is 12.7. The molecule has 3 N–H and O–H groups in total. The van der Waals surface area contributed by atoms with Crippen molar-refractivity contribution in [2.45, 2.75) is 103 Å². The number of allylic oxidation sites excluding steroid dienone is 12. The molecule has 0 aliphatic heterocycles. The summed E-state index contributed by atoms with van der Waals surface area (Å²) in [5.74, 6) is -1.23. The minimum Gasteiger partial charge on any atom is -0.480 e. The Bertz CT molecular complexity index is 1200. The maximum Gasteiger partial charge on any atom is 0.326 e. The van der Waals surface area contributed by atoms with Crippen LogP contribution in [0.15, 0.2) is 97.2 Å². The van der Waals surface area contributed by atoms with Crippen molar-refractivity contribution in [1.82, 2.24) is 10.6 Å². The second kappa shape index (κ2) is 25.4. The number of amides is 2. The van der Waals surface area contributed by atoms with Crippen molar-refractivity contribution in [2.75, 3.05) is 6.54 Å². The van der Waals surface area contributed by atoms with Crippen molar-refractivity contribution in [1.29, 1.82) is 0 Å². The highest BCUT2D eigenvalue weighted by Crippen LogP contribution is 2.21. The van der Waals surface area contributed by atoms with Gasteiger partial charge in [0.25, 0.3) is 5.91 Å². The molecule has 1 unspecified atom stereocenters. The number of unbranched alkanes of at least 4 members (excludes halogenated alkanes) is 1. The van der Waals surface area contributed by atoms with Gasteiger partial charge in [-0.3, -0.25) is 9.59 Å². The fourth-order valence-corrected chi connectivity index (χ4v) is 4.20. The number of rotatable bonds is 24. The second-order valence-electron chi connectivity index (χ2n) is 11.2. The van der Waals surface area contributed by atoms with Gasteiger partial charge in [-0.2, -0.15) is 0 Å². The van der Waals surface area contributed by atoms with E-state index in [0.717, 1.165) is 38.5 Å². The molecule has 0 bridgehead atoms. The van der Waals surface area contributed by atoms with Gasteiger partial charge >= 0.3 is 5.97 Å². The Hall–Kier alpha value is -3.84. The van der Waals surface area contributed by atoms with Crippen LogP contribution in [-0.2, 0) is 14.4 Å². The SMILES string of the molecule is CCC=CCC=CCC=CCC=CCC=CCC=CCCC(=O)NCCCCC(NC(=O)C(C)(C)Oc1ccc(Cl)cc1)C(=O)O. The minimum atomic E-state index is -1.28. The van der Waals surface area contributed by atoms with Gasteiger partial charge in [-0.05, 0) is 102 Å². The molecule has 1 rings (SSSR count). The molecule has 0 heterocycles. The fraction of sp³-hybridized carbons (Fsp3) is 0.447. The summed E-state index contributed by atoms with van der Waals surface area (Å²) in [5.41, 5.74) is -1.28. The summed E-state index contributed by atoms with van der Waals surface area (Å²) in [6.45, 7) is 5.74. The van der Waals surface area contributed by atoms with Crippen LogP contribution in [0.1, 0.15) is 91.4 Å². The topological polar surface area (TPSA) is 105 Å². The van der Waals surface area contributed by atoms with Gasteiger partial charge in [-0.1, -0.05) is 91.4 Å². The van der Waals surface area contributed by atoms with Gasteiger partial charge in [0.2, 0.25) is 5.91 Å². The van der Waals surface area contributed by atoms with E-state index in [9.17, 15) is 19.5 Å². The fourth-order valence-electron chi connectivity index (χ4n) is 4.08. The van der Waals surface area contributed by atoms with E-state index in [-0.39, 0.29) is 12.3 Å². The molecule has 1 aromatic carbocycles. The summed E-state index contributed by atoms with van der Waals surface area (Å²) < 4.78 is 5.74. The van der Waals surface area contributed by atoms with Crippen LogP contribution in [0.4, 0.5) is 0 Å². The van der Waals surface area contributed by atoms with Gasteiger partial charge in [0.05, 0.1) is 0 Å². The second-order valence-corrected chi connectivity index (χ2v) is 11.7. The number of hydrogen-bond acceptors (Lipinski definition) is 4. The summed E-state index contributed by atoms with van der Waals surface area (Å²) in [4.78, 5) is 36.6. The summed E-state index contributed by atoms with van der Waals surface area (Å²) in [7, 11) is 0. The monoisotopic (exact) mass is 652 g/mol. The highest BCUT2D eigenvalue weighted by Gasteiger charge is 2.33. The van der Waals surface area contributed by atoms with E-state index in [2.05, 4.69) is 84.4 Å². The summed E-state index contributed by atoms with van der Waals surface area (Å²) in [6, 6.07) is 5.53. The molecule has 2 amide bonds. The summed E-state index contributed by atoms with van der Waals surface area (Å²) in [6.07, 6.45) is 34.0. The largest absolute Gasteiger partial charge is 0.480 e. The molecule has 0 spiro atoms. The molecule has 252 valence electrons. The van der Waals surface area contributed by atoms with Crippen molar-refractivity contribution in [3.05, 3.63) is 102 Å². The van der Waals surface area contributed by atoms with Crippen LogP contribution in [0.5, 0.6) is 5.75 Å². The Kier molecular flexibility index (Phi) is 22.2. The normalized spacial score (nSPS) is 13.1. The van der Waals surface area contributed by atoms with E-state index in [4.69, 9.17) is 16.3 Å². The number of halogens is 1. The highest BCUT2D eigenvalue weighted by atomic mass is 35.5. The lowest BCUT2D eigenvalue weighted by molar-refractivity contribution is -0.145. The van der Waals surface area contributed by atoms with Crippen LogP contribution in [-0.4, -0.2) is 41.1 Å². The third-order valence-corrected chi connectivity index (χ3v) is 6.97. The Morgan fingerprint density at radius 1 is 0.804 bits per heavy atom. The zero-order chi connectivity index (χ0) is 33.9. The number of ether oxygens (including phenoxy) is 1. The highest BCUT2D eigenvalue weighted by molar-refractivity contribution is 6.30. The molecular formula is C38H53ClN2O5. The van der Waals surface area contributed by atoms with E-state index in [0.29, 0.717) is 43.0 Å². The van der Waals surface area contributed by atoms with Crippen LogP contribution in [0, 0.1) is 0 Å². The smallest absolute Gasteiger partial charge is 0.326 e. The first-order valence-corrected chi connectivity index (χ1v) is 16.7. The number of benzene rings is 1. The lowest BCUT2D eigenvalue weighted by Gasteiger charge is -2.27. The number of carbonyl (C=O) groups excluding carboxylic acids is 2. The van der Waals surface area contributed by atoms with Gasteiger partial charge in [0, 0.05) is 18.0 Å². The molecule has 8 heteroatoms. The summed E-state index contributed by atoms with van der Waals surface area (Å²) >= 11 is 5.89. The molecule has 0 aliphatic carbocycles. The van der Waals surface area contributed by atoms with E-state index in [1.165, 1.54) is 0 Å². The van der Waals surface area contributed by atoms with Gasteiger partial charge < -0.3 is 20.5 Å². The molecule has 0 fully saturated rings. The Labute approximate surface area is 281 Å². The van der Waals surface area contributed by atoms with Crippen LogP contribution < -0.4 is 15.4 Å². The van der Waals surface area contributed by atoms with Crippen LogP contribution in [0.3, 0.4) is 0 Å². The van der Waals surface area contributed by atoms with Crippen molar-refractivity contribution < 1.29 is 24.2 Å². The molecule has 7 nitrogen and oxygen atoms in total. The molecule has 1 aromatic rings. The Balaban J connectivity index is 2.14. The van der Waals surface area contributed by atoms with E-state index in [1.807, 2.05) is 6.08 Å². The van der Waals surface area contributed by atoms with Gasteiger partial charge in [-0.25, -0.2) is 4.79 Å². The maximum atomic E-state index is 12.7. The van der Waals surface area contributed by atoms with Crippen molar-refractivity contribution >= 4 is 29.4 Å². The average molecular weight is 653 g/mol. The quantitative estimate of drug-likeness (QED) is 0.0764. The molecule has 0 saturated heterocycles. The summed E-state index contributed by atoms with van der Waals surface area (Å²) in [5, 5.41) is 15.6. The van der Waals surface area contributed by atoms with Crippen molar-refractivity contribution in [2.24, 2.45) is 0 Å². The number of carboxylic acids is 1. The third kappa shape index (κ3) is 21.0. The molecule has 0 aliphatic rings. The van der Waals surface area contributed by atoms with Gasteiger partial charge in [-0.15, -0.1) is 0 Å². The number of aliphatic carboxylic acids is 1. The first-order chi connectivity index (χ1) is 22.2. The first-order valence-electron chi connectivity index (χ1n) is 16.3. The predicted octanol–water partition coefficient (Wildman–Crippen LogP) is 8.83. The number of nitrogens with one attached hydrogen (secondary N) is 2. The predicted molar refractivity (Wildman–Crippen MR) is 190 cm³/mol. The molecule has 0 radical (unpaired) electrons. The molecular weight excluding hydrogens is 600 g/mol. The molecule has 1 atom stereocenters. The minimum absolute atomic E-state index is 0.0382. The van der Waals surface area contributed by atoms with E-state index >= 15 is 0 Å². The molecule has 0 saturated carbocycles. The number of hydrogen-bond donors (Lipinski definition) is 3. The number of carbonyl (C=O) groups is 3. The zero-order valence-corrected chi connectivity index (χ0v) is 28.5. The van der Waals surface area contributed by atoms with E-state index in [1.54, 1.807) is 38.1 Å². The van der Waals surface area contributed by atoms with Gasteiger partial charge in [0.15, 0.2) is 5.60 Å². The Morgan fingerprint density at radius 2 is 1.30 bits per heavy atom.